The summed E-state index contributed by atoms with van der Waals surface area (Å²) in [5.41, 5.74) is 7.79. The number of amides is 4. The first-order valence-electron chi connectivity index (χ1n) is 43.3. The van der Waals surface area contributed by atoms with Crippen molar-refractivity contribution in [2.45, 2.75) is 219 Å². The van der Waals surface area contributed by atoms with E-state index < -0.39 is 11.3 Å². The third-order valence-corrected chi connectivity index (χ3v) is 21.2. The van der Waals surface area contributed by atoms with E-state index in [1.165, 1.54) is 0 Å². The van der Waals surface area contributed by atoms with Crippen molar-refractivity contribution >= 4 is 29.4 Å². The molecule has 3 aromatic carbocycles. The smallest absolute Gasteiger partial charge is 0.251 e. The standard InChI is InChI=1S/C88H124N22O11/c1-88(42-22-12-9-13-23-43-88)83(111)38-14-10-11-15-39-84(112)90-44-30-37-74-77(116-47-24-16-31-68-59-105(3)99-93-68)55-66(56-78(74)117-48-25-17-32-69-60-106(4)100-94-69)86(114)91-46-41-76-81(120-51-28-20-35-72-63-109(7)103-97-72)57-67(58-82(76)121-52-29-21-36-73-64-110(8)104-98-73)87(115)92-45-40-75-79(118-49-26-18-33-70-61-107(5)101-95-70)53-65(85(113)89-2)54-80(75)119-50-27-19-34-71-62-108(6)102-96-71/h53-64H,9-22,24-42,44-52H2,1-8H3,(H,89,113)(H,90,112)(H,91,114)(H,92,115)/t88-/m1/s1. The van der Waals surface area contributed by atoms with Crippen LogP contribution in [0.25, 0.3) is 0 Å². The van der Waals surface area contributed by atoms with Crippen LogP contribution < -0.4 is 49.7 Å². The maximum Gasteiger partial charge on any atom is 0.251 e. The van der Waals surface area contributed by atoms with E-state index in [2.05, 4.69) is 95.0 Å². The number of carbonyl (C=O) groups excluding carboxylic acids is 5. The average molecular weight is 1670 g/mol. The molecule has 0 radical (unpaired) electrons. The van der Waals surface area contributed by atoms with Crippen LogP contribution in [0, 0.1) is 17.3 Å². The highest BCUT2D eigenvalue weighted by Crippen LogP contribution is 2.37. The van der Waals surface area contributed by atoms with Gasteiger partial charge in [-0.2, -0.15) is 0 Å². The van der Waals surface area contributed by atoms with Gasteiger partial charge in [0.15, 0.2) is 5.78 Å². The first-order chi connectivity index (χ1) is 58.8. The van der Waals surface area contributed by atoms with E-state index >= 15 is 4.79 Å². The summed E-state index contributed by atoms with van der Waals surface area (Å²) in [6.45, 7) is 4.61. The second kappa shape index (κ2) is 49.2. The Balaban J connectivity index is 0.876. The second-order valence-electron chi connectivity index (χ2n) is 31.6. The van der Waals surface area contributed by atoms with E-state index in [9.17, 15) is 19.2 Å². The molecule has 4 N–H and O–H groups in total. The Labute approximate surface area is 710 Å². The number of carbonyl (C=O) groups is 5. The molecule has 1 atom stereocenters. The Bertz CT molecular complexity index is 4580. The van der Waals surface area contributed by atoms with Crippen molar-refractivity contribution in [2.75, 3.05) is 66.3 Å². The predicted octanol–water partition coefficient (Wildman–Crippen LogP) is 10.1. The molecule has 9 aromatic rings. The number of nitrogens with one attached hydrogen (secondary N) is 4. The third-order valence-electron chi connectivity index (χ3n) is 21.2. The van der Waals surface area contributed by atoms with Gasteiger partial charge in [0.1, 0.15) is 34.5 Å². The molecular weight excluding hydrogens is 1540 g/mol. The van der Waals surface area contributed by atoms with E-state index in [0.717, 1.165) is 136 Å². The number of benzene rings is 3. The summed E-state index contributed by atoms with van der Waals surface area (Å²) in [6.07, 6.45) is 34.9. The van der Waals surface area contributed by atoms with E-state index in [-0.39, 0.29) is 68.2 Å². The van der Waals surface area contributed by atoms with E-state index in [1.54, 1.807) is 71.5 Å². The van der Waals surface area contributed by atoms with Gasteiger partial charge in [-0.3, -0.25) is 52.1 Å². The number of aromatic nitrogens is 18. The van der Waals surface area contributed by atoms with Gasteiger partial charge in [0.2, 0.25) is 5.91 Å². The zero-order valence-electron chi connectivity index (χ0n) is 72.2. The molecule has 0 aliphatic heterocycles. The van der Waals surface area contributed by atoms with Crippen molar-refractivity contribution in [3.63, 3.8) is 0 Å². The van der Waals surface area contributed by atoms with Gasteiger partial charge < -0.3 is 49.7 Å². The summed E-state index contributed by atoms with van der Waals surface area (Å²) in [5, 5.41) is 62.5. The Morgan fingerprint density at radius 1 is 0.355 bits per heavy atom. The molecule has 1 aliphatic rings. The highest BCUT2D eigenvalue weighted by atomic mass is 16.5. The fourth-order valence-electron chi connectivity index (χ4n) is 14.5. The van der Waals surface area contributed by atoms with Crippen LogP contribution >= 0.6 is 0 Å². The molecule has 4 amide bonds. The lowest BCUT2D eigenvalue weighted by atomic mass is 9.78. The topological polar surface area (TPSA) is 373 Å². The molecule has 0 fully saturated rings. The number of ether oxygens (including phenoxy) is 6. The number of unbranched alkanes of at least 4 members (excludes halogenated alkanes) is 9. The van der Waals surface area contributed by atoms with E-state index in [1.807, 2.05) is 86.4 Å². The molecule has 6 heterocycles. The number of aryl methyl sites for hydroxylation is 12. The monoisotopic (exact) mass is 1660 g/mol. The lowest BCUT2D eigenvalue weighted by Crippen LogP contribution is -2.27. The molecule has 0 saturated carbocycles. The summed E-state index contributed by atoms with van der Waals surface area (Å²) in [7, 11) is 12.6. The van der Waals surface area contributed by atoms with Gasteiger partial charge >= 0.3 is 0 Å². The van der Waals surface area contributed by atoms with E-state index in [0.29, 0.717) is 192 Å². The molecule has 652 valence electrons. The van der Waals surface area contributed by atoms with Crippen molar-refractivity contribution in [2.24, 2.45) is 47.7 Å². The van der Waals surface area contributed by atoms with Crippen molar-refractivity contribution in [1.29, 1.82) is 0 Å². The molecule has 1 aliphatic carbocycles. The Morgan fingerprint density at radius 2 is 0.669 bits per heavy atom. The average Bonchev–Trinajstić information content (AvgIpc) is 1.27. The summed E-state index contributed by atoms with van der Waals surface area (Å²) >= 11 is 0. The largest absolute Gasteiger partial charge is 0.493 e. The lowest BCUT2D eigenvalue weighted by molar-refractivity contribution is -0.125. The second-order valence-corrected chi connectivity index (χ2v) is 31.6. The van der Waals surface area contributed by atoms with Gasteiger partial charge in [-0.05, 0) is 210 Å². The molecule has 0 saturated heterocycles. The van der Waals surface area contributed by atoms with Gasteiger partial charge in [-0.25, -0.2) is 0 Å². The number of hydrogen-bond acceptors (Lipinski definition) is 23. The normalized spacial score (nSPS) is 13.2. The Hall–Kier alpha value is -11.6. The lowest BCUT2D eigenvalue weighted by Gasteiger charge is -2.23. The molecule has 121 heavy (non-hydrogen) atoms. The van der Waals surface area contributed by atoms with Gasteiger partial charge in [0.25, 0.3) is 17.7 Å². The summed E-state index contributed by atoms with van der Waals surface area (Å²) in [6, 6.07) is 10.5. The number of ketones is 1. The van der Waals surface area contributed by atoms with Crippen LogP contribution in [0.3, 0.4) is 0 Å². The zero-order valence-corrected chi connectivity index (χ0v) is 72.2. The summed E-state index contributed by atoms with van der Waals surface area (Å²) in [4.78, 5) is 70.1. The van der Waals surface area contributed by atoms with Crippen molar-refractivity contribution in [3.8, 4) is 46.3 Å². The molecule has 33 heteroatoms. The van der Waals surface area contributed by atoms with Crippen LogP contribution in [0.4, 0.5) is 0 Å². The quantitative estimate of drug-likeness (QED) is 0.0203. The molecule has 0 bridgehead atoms. The van der Waals surface area contributed by atoms with Crippen LogP contribution in [0.2, 0.25) is 0 Å². The highest BCUT2D eigenvalue weighted by Gasteiger charge is 2.31. The zero-order chi connectivity index (χ0) is 85.4. The summed E-state index contributed by atoms with van der Waals surface area (Å²) in [5.74, 6) is 8.43. The fraction of sp³-hybridized carbons (Fsp3) is 0.580. The van der Waals surface area contributed by atoms with Crippen molar-refractivity contribution in [3.05, 3.63) is 141 Å². The van der Waals surface area contributed by atoms with Gasteiger partial charge in [0.05, 0.1) is 79.2 Å². The van der Waals surface area contributed by atoms with Gasteiger partial charge in [-0.15, -0.1) is 36.5 Å². The fourth-order valence-corrected chi connectivity index (χ4v) is 14.5. The highest BCUT2D eigenvalue weighted by molar-refractivity contribution is 5.97. The summed E-state index contributed by atoms with van der Waals surface area (Å²) < 4.78 is 50.2. The first kappa shape index (κ1) is 91.7. The predicted molar refractivity (Wildman–Crippen MR) is 454 cm³/mol. The van der Waals surface area contributed by atoms with Crippen LogP contribution in [0.15, 0.2) is 73.6 Å². The SMILES string of the molecule is CNC(=O)c1cc(OCCCCc2cn(C)nn2)c(CCNC(=O)c2cc(OCCCCc3cn(C)nn3)c(CCNC(=O)c3cc(OCCCCc4cn(C)nn4)c(CCCNC(=O)CCCCCCC(=O)[C@@]4(C)C#CCCCCC4)c(OCCCCc4cn(C)nn4)c3)c(OCCCCc3cn(C)nn3)c2)c(OCCCCc2cn(C)nn2)c1. The number of hydrogen-bond donors (Lipinski definition) is 4. The van der Waals surface area contributed by atoms with Crippen molar-refractivity contribution < 1.29 is 52.4 Å². The van der Waals surface area contributed by atoms with Gasteiger partial charge in [-0.1, -0.05) is 62.9 Å². The maximum atomic E-state index is 15.0. The molecule has 6 aromatic heterocycles. The molecule has 0 spiro atoms. The van der Waals surface area contributed by atoms with Crippen LogP contribution in [-0.4, -0.2) is 186 Å². The van der Waals surface area contributed by atoms with Crippen molar-refractivity contribution in [1.82, 2.24) is 111 Å². The van der Waals surface area contributed by atoms with Crippen LogP contribution in [-0.2, 0) is 110 Å². The maximum absolute atomic E-state index is 15.0. The van der Waals surface area contributed by atoms with Crippen LogP contribution in [0.5, 0.6) is 34.5 Å². The van der Waals surface area contributed by atoms with Crippen LogP contribution in [0.1, 0.15) is 243 Å². The minimum absolute atomic E-state index is 0.0314. The minimum Gasteiger partial charge on any atom is -0.493 e. The number of nitrogens with zero attached hydrogens (tertiary/aromatic N) is 18. The van der Waals surface area contributed by atoms with E-state index in [4.69, 9.17) is 28.4 Å². The molecule has 0 unspecified atom stereocenters. The minimum atomic E-state index is -0.561. The molecule has 10 rings (SSSR count). The Kier molecular flexibility index (Phi) is 37.3. The number of Topliss-reactive ketones (excluding diaryl/α,β-unsaturated/α-hetero) is 1. The Morgan fingerprint density at radius 3 is 0.983 bits per heavy atom. The first-order valence-corrected chi connectivity index (χ1v) is 43.3. The molecule has 33 nitrogen and oxygen atoms in total. The molecular formula is C88H124N22O11. The van der Waals surface area contributed by atoms with Gasteiger partial charge in [0, 0.05) is 159 Å². The number of rotatable bonds is 57. The third kappa shape index (κ3) is 31.2.